The second-order valence-corrected chi connectivity index (χ2v) is 4.59. The molecule has 0 N–H and O–H groups in total. The summed E-state index contributed by atoms with van der Waals surface area (Å²) in [5.41, 5.74) is -3.19. The molecule has 0 bridgehead atoms. The lowest BCUT2D eigenvalue weighted by Gasteiger charge is -2.53. The molecule has 2 aliphatic rings. The maximum absolute atomic E-state index is 9.36. The van der Waals surface area contributed by atoms with Crippen LogP contribution >= 0.6 is 0 Å². The van der Waals surface area contributed by atoms with Crippen LogP contribution in [0.25, 0.3) is 0 Å². The van der Waals surface area contributed by atoms with Crippen molar-refractivity contribution in [1.29, 1.82) is 21.0 Å². The summed E-state index contributed by atoms with van der Waals surface area (Å²) in [5, 5.41) is 37.4. The fourth-order valence-corrected chi connectivity index (χ4v) is 2.84. The summed E-state index contributed by atoms with van der Waals surface area (Å²) >= 11 is 0. The molecular weight excluding hydrogens is 236 g/mol. The highest BCUT2D eigenvalue weighted by Gasteiger charge is 2.74. The Balaban J connectivity index is 2.63. The number of fused-ring (bicyclic) bond motifs is 1. The molecule has 2 atom stereocenters. The van der Waals surface area contributed by atoms with E-state index in [-0.39, 0.29) is 0 Å². The van der Waals surface area contributed by atoms with E-state index in [1.54, 1.807) is 18.2 Å². The molecule has 90 valence electrons. The van der Waals surface area contributed by atoms with Gasteiger partial charge in [-0.3, -0.25) is 0 Å². The van der Waals surface area contributed by atoms with Gasteiger partial charge in [0, 0.05) is 11.8 Å². The Morgan fingerprint density at radius 2 is 1.26 bits per heavy atom. The van der Waals surface area contributed by atoms with Gasteiger partial charge in [0.15, 0.2) is 10.8 Å². The topological polar surface area (TPSA) is 95.2 Å². The normalized spacial score (nSPS) is 33.9. The van der Waals surface area contributed by atoms with Gasteiger partial charge in [0.1, 0.15) is 0 Å². The number of hydrogen-bond donors (Lipinski definition) is 0. The largest absolute Gasteiger partial charge is 0.196 e. The summed E-state index contributed by atoms with van der Waals surface area (Å²) in [7, 11) is 0. The number of nitriles is 4. The van der Waals surface area contributed by atoms with Crippen LogP contribution in [0, 0.1) is 68.0 Å². The minimum absolute atomic E-state index is 0.419. The maximum atomic E-state index is 9.36. The predicted octanol–water partition coefficient (Wildman–Crippen LogP) is 2.37. The Morgan fingerprint density at radius 1 is 0.737 bits per heavy atom. The summed E-state index contributed by atoms with van der Waals surface area (Å²) in [6.45, 7) is 0. The number of hydrogen-bond acceptors (Lipinski definition) is 4. The molecule has 0 aromatic rings. The number of rotatable bonds is 0. The number of nitrogens with zero attached hydrogens (tertiary/aromatic N) is 4. The predicted molar refractivity (Wildman–Crippen MR) is 66.3 cm³/mol. The van der Waals surface area contributed by atoms with Gasteiger partial charge in [0.25, 0.3) is 0 Å². The third-order valence-corrected chi connectivity index (χ3v) is 3.90. The van der Waals surface area contributed by atoms with Crippen molar-refractivity contribution in [2.24, 2.45) is 22.7 Å². The van der Waals surface area contributed by atoms with Crippen molar-refractivity contribution in [3.63, 3.8) is 0 Å². The third kappa shape index (κ3) is 1.35. The van der Waals surface area contributed by atoms with E-state index in [4.69, 9.17) is 0 Å². The first kappa shape index (κ1) is 12.6. The van der Waals surface area contributed by atoms with Crippen molar-refractivity contribution in [1.82, 2.24) is 0 Å². The molecule has 0 amide bonds. The molecule has 0 heterocycles. The van der Waals surface area contributed by atoms with Gasteiger partial charge in [-0.25, -0.2) is 0 Å². The second kappa shape index (κ2) is 4.45. The van der Waals surface area contributed by atoms with Crippen LogP contribution in [0.2, 0.25) is 0 Å². The molecule has 0 saturated heterocycles. The first-order valence-corrected chi connectivity index (χ1v) is 5.87. The van der Waals surface area contributed by atoms with Crippen molar-refractivity contribution in [2.75, 3.05) is 0 Å². The minimum atomic E-state index is -1.60. The van der Waals surface area contributed by atoms with Crippen LogP contribution in [-0.2, 0) is 0 Å². The van der Waals surface area contributed by atoms with Gasteiger partial charge in [0.05, 0.1) is 24.3 Å². The van der Waals surface area contributed by atoms with Crippen LogP contribution < -0.4 is 0 Å². The van der Waals surface area contributed by atoms with Gasteiger partial charge >= 0.3 is 0 Å². The Bertz CT molecular complexity index is 612. The first-order chi connectivity index (χ1) is 9.22. The lowest BCUT2D eigenvalue weighted by molar-refractivity contribution is 0.00684. The molecule has 1 saturated carbocycles. The maximum Gasteiger partial charge on any atom is 0.182 e. The van der Waals surface area contributed by atoms with Crippen LogP contribution in [0.5, 0.6) is 0 Å². The quantitative estimate of drug-likeness (QED) is 0.613. The molecule has 4 heteroatoms. The summed E-state index contributed by atoms with van der Waals surface area (Å²) < 4.78 is 0. The number of allylic oxidation sites excluding steroid dienone is 6. The molecule has 2 unspecified atom stereocenters. The average Bonchev–Trinajstić information content (AvgIpc) is 2.54. The molecule has 19 heavy (non-hydrogen) atoms. The fourth-order valence-electron chi connectivity index (χ4n) is 2.84. The molecule has 4 nitrogen and oxygen atoms in total. The summed E-state index contributed by atoms with van der Waals surface area (Å²) in [6.07, 6.45) is 11.6. The standard InChI is InChI=1S/C15H10N4/c16-8-14(9-17)12-6-4-2-1-3-5-7-13(12)15(14,10-18)11-19/h1-2,4-7,12-13H,3H2/b2-1-,6-4+,7-5+. The van der Waals surface area contributed by atoms with E-state index in [0.29, 0.717) is 6.42 Å². The molecule has 0 aromatic heterocycles. The van der Waals surface area contributed by atoms with Gasteiger partial charge < -0.3 is 0 Å². The fraction of sp³-hybridized carbons (Fsp3) is 0.333. The van der Waals surface area contributed by atoms with E-state index in [1.807, 2.05) is 42.5 Å². The zero-order valence-corrected chi connectivity index (χ0v) is 10.1. The van der Waals surface area contributed by atoms with Crippen molar-refractivity contribution in [3.05, 3.63) is 36.5 Å². The highest BCUT2D eigenvalue weighted by Crippen LogP contribution is 2.65. The van der Waals surface area contributed by atoms with E-state index in [9.17, 15) is 21.0 Å². The van der Waals surface area contributed by atoms with E-state index < -0.39 is 22.7 Å². The lowest BCUT2D eigenvalue weighted by atomic mass is 9.39. The van der Waals surface area contributed by atoms with Crippen molar-refractivity contribution < 1.29 is 0 Å². The van der Waals surface area contributed by atoms with Crippen LogP contribution in [0.3, 0.4) is 0 Å². The molecule has 0 spiro atoms. The van der Waals surface area contributed by atoms with E-state index in [1.165, 1.54) is 0 Å². The first-order valence-electron chi connectivity index (χ1n) is 5.87. The summed E-state index contributed by atoms with van der Waals surface area (Å²) in [6, 6.07) is 7.65. The third-order valence-electron chi connectivity index (χ3n) is 3.90. The second-order valence-electron chi connectivity index (χ2n) is 4.59. The van der Waals surface area contributed by atoms with E-state index in [2.05, 4.69) is 0 Å². The van der Waals surface area contributed by atoms with E-state index >= 15 is 0 Å². The average molecular weight is 246 g/mol. The summed E-state index contributed by atoms with van der Waals surface area (Å²) in [5.74, 6) is -0.848. The Morgan fingerprint density at radius 3 is 1.79 bits per heavy atom. The van der Waals surface area contributed by atoms with Crippen LogP contribution in [0.1, 0.15) is 6.42 Å². The molecule has 0 aliphatic heterocycles. The van der Waals surface area contributed by atoms with Gasteiger partial charge in [-0.1, -0.05) is 36.5 Å². The van der Waals surface area contributed by atoms with Crippen LogP contribution in [-0.4, -0.2) is 0 Å². The molecule has 2 rings (SSSR count). The van der Waals surface area contributed by atoms with Crippen molar-refractivity contribution in [3.8, 4) is 24.3 Å². The Labute approximate surface area is 111 Å². The highest BCUT2D eigenvalue weighted by atomic mass is 14.7. The molecular formula is C15H10N4. The Kier molecular flexibility index (Phi) is 2.96. The van der Waals surface area contributed by atoms with Crippen molar-refractivity contribution in [2.45, 2.75) is 6.42 Å². The molecule has 0 aromatic carbocycles. The van der Waals surface area contributed by atoms with Gasteiger partial charge in [-0.05, 0) is 6.42 Å². The lowest BCUT2D eigenvalue weighted by Crippen LogP contribution is -2.62. The van der Waals surface area contributed by atoms with Crippen LogP contribution in [0.15, 0.2) is 36.5 Å². The van der Waals surface area contributed by atoms with Gasteiger partial charge in [0.2, 0.25) is 0 Å². The Hall–Kier alpha value is -2.82. The van der Waals surface area contributed by atoms with Crippen molar-refractivity contribution >= 4 is 0 Å². The monoisotopic (exact) mass is 246 g/mol. The van der Waals surface area contributed by atoms with E-state index in [0.717, 1.165) is 0 Å². The zero-order valence-electron chi connectivity index (χ0n) is 10.1. The minimum Gasteiger partial charge on any atom is -0.196 e. The van der Waals surface area contributed by atoms with Gasteiger partial charge in [-0.2, -0.15) is 21.0 Å². The molecule has 1 fully saturated rings. The SMILES string of the molecule is N#CC1(C#N)C2/C=C/C=C\C/C=C/C2C1(C#N)C#N. The van der Waals surface area contributed by atoms with Gasteiger partial charge in [-0.15, -0.1) is 0 Å². The molecule has 0 radical (unpaired) electrons. The highest BCUT2D eigenvalue weighted by molar-refractivity contribution is 5.48. The smallest absolute Gasteiger partial charge is 0.182 e. The summed E-state index contributed by atoms with van der Waals surface area (Å²) in [4.78, 5) is 0. The zero-order chi connectivity index (χ0) is 13.9. The van der Waals surface area contributed by atoms with Crippen LogP contribution in [0.4, 0.5) is 0 Å². The molecule has 2 aliphatic carbocycles.